The Morgan fingerprint density at radius 3 is 2.45 bits per heavy atom. The number of benzene rings is 1. The molecule has 1 heteroatoms. The standard InChI is InChI=1S/C19H33N/c1-7-11-20-16(4)14-19(5,6)18-10-8-9-17(13-18)12-15(2)3/h8-10,13,15-16,20H,7,11-12,14H2,1-6H3. The van der Waals surface area contributed by atoms with Gasteiger partial charge in [0.05, 0.1) is 0 Å². The highest BCUT2D eigenvalue weighted by molar-refractivity contribution is 5.29. The third-order valence-electron chi connectivity index (χ3n) is 3.91. The Kier molecular flexibility index (Phi) is 6.75. The van der Waals surface area contributed by atoms with Crippen LogP contribution in [0.25, 0.3) is 0 Å². The maximum absolute atomic E-state index is 3.60. The highest BCUT2D eigenvalue weighted by atomic mass is 14.9. The Labute approximate surface area is 126 Å². The van der Waals surface area contributed by atoms with Gasteiger partial charge in [-0.2, -0.15) is 0 Å². The van der Waals surface area contributed by atoms with Gasteiger partial charge in [0.2, 0.25) is 0 Å². The Morgan fingerprint density at radius 2 is 1.85 bits per heavy atom. The fourth-order valence-electron chi connectivity index (χ4n) is 2.94. The fraction of sp³-hybridized carbons (Fsp3) is 0.684. The summed E-state index contributed by atoms with van der Waals surface area (Å²) in [4.78, 5) is 0. The van der Waals surface area contributed by atoms with Crippen molar-refractivity contribution in [3.63, 3.8) is 0 Å². The number of hydrogen-bond donors (Lipinski definition) is 1. The molecule has 0 aliphatic carbocycles. The van der Waals surface area contributed by atoms with Crippen LogP contribution >= 0.6 is 0 Å². The van der Waals surface area contributed by atoms with Gasteiger partial charge < -0.3 is 5.32 Å². The second-order valence-corrected chi connectivity index (χ2v) is 7.24. The molecule has 0 spiro atoms. The molecular weight excluding hydrogens is 242 g/mol. The molecule has 1 rings (SSSR count). The molecule has 0 fully saturated rings. The average molecular weight is 275 g/mol. The monoisotopic (exact) mass is 275 g/mol. The van der Waals surface area contributed by atoms with Gasteiger partial charge in [-0.05, 0) is 55.2 Å². The van der Waals surface area contributed by atoms with Crippen molar-refractivity contribution < 1.29 is 0 Å². The van der Waals surface area contributed by atoms with Gasteiger partial charge in [0.25, 0.3) is 0 Å². The van der Waals surface area contributed by atoms with Gasteiger partial charge >= 0.3 is 0 Å². The van der Waals surface area contributed by atoms with Crippen LogP contribution in [0.5, 0.6) is 0 Å². The molecular formula is C19H33N. The highest BCUT2D eigenvalue weighted by Crippen LogP contribution is 2.29. The second-order valence-electron chi connectivity index (χ2n) is 7.24. The largest absolute Gasteiger partial charge is 0.314 e. The molecule has 0 aromatic heterocycles. The molecule has 0 aliphatic rings. The molecule has 0 amide bonds. The van der Waals surface area contributed by atoms with Crippen LogP contribution in [0.3, 0.4) is 0 Å². The SMILES string of the molecule is CCCNC(C)CC(C)(C)c1cccc(CC(C)C)c1. The lowest BCUT2D eigenvalue weighted by Crippen LogP contribution is -2.33. The minimum atomic E-state index is 0.229. The summed E-state index contributed by atoms with van der Waals surface area (Å²) in [5.41, 5.74) is 3.17. The van der Waals surface area contributed by atoms with Gasteiger partial charge in [0, 0.05) is 6.04 Å². The van der Waals surface area contributed by atoms with Crippen LogP contribution in [0, 0.1) is 5.92 Å². The first-order chi connectivity index (χ1) is 9.35. The minimum absolute atomic E-state index is 0.229. The van der Waals surface area contributed by atoms with Gasteiger partial charge in [0.1, 0.15) is 0 Å². The third-order valence-corrected chi connectivity index (χ3v) is 3.91. The summed E-state index contributed by atoms with van der Waals surface area (Å²) in [5.74, 6) is 0.721. The van der Waals surface area contributed by atoms with Gasteiger partial charge in [-0.3, -0.25) is 0 Å². The van der Waals surface area contributed by atoms with Crippen molar-refractivity contribution >= 4 is 0 Å². The van der Waals surface area contributed by atoms with E-state index >= 15 is 0 Å². The zero-order chi connectivity index (χ0) is 15.2. The molecule has 0 heterocycles. The Hall–Kier alpha value is -0.820. The lowest BCUT2D eigenvalue weighted by molar-refractivity contribution is 0.389. The van der Waals surface area contributed by atoms with Gasteiger partial charge in [0.15, 0.2) is 0 Å². The summed E-state index contributed by atoms with van der Waals surface area (Å²) < 4.78 is 0. The van der Waals surface area contributed by atoms with E-state index in [2.05, 4.69) is 71.1 Å². The number of hydrogen-bond acceptors (Lipinski definition) is 1. The van der Waals surface area contributed by atoms with Crippen molar-refractivity contribution in [2.24, 2.45) is 5.92 Å². The maximum atomic E-state index is 3.60. The summed E-state index contributed by atoms with van der Waals surface area (Å²) >= 11 is 0. The van der Waals surface area contributed by atoms with E-state index in [1.54, 1.807) is 0 Å². The minimum Gasteiger partial charge on any atom is -0.314 e. The van der Waals surface area contributed by atoms with Crippen molar-refractivity contribution in [3.05, 3.63) is 35.4 Å². The van der Waals surface area contributed by atoms with Crippen LogP contribution in [-0.2, 0) is 11.8 Å². The first kappa shape index (κ1) is 17.2. The van der Waals surface area contributed by atoms with Gasteiger partial charge in [-0.1, -0.05) is 58.9 Å². The van der Waals surface area contributed by atoms with Crippen molar-refractivity contribution in [1.29, 1.82) is 0 Å². The van der Waals surface area contributed by atoms with Crippen molar-refractivity contribution in [1.82, 2.24) is 5.32 Å². The van der Waals surface area contributed by atoms with Crippen LogP contribution in [0.4, 0.5) is 0 Å². The van der Waals surface area contributed by atoms with E-state index in [0.717, 1.165) is 12.5 Å². The van der Waals surface area contributed by atoms with E-state index in [9.17, 15) is 0 Å². The van der Waals surface area contributed by atoms with Crippen molar-refractivity contribution in [2.45, 2.75) is 72.3 Å². The van der Waals surface area contributed by atoms with Crippen molar-refractivity contribution in [3.8, 4) is 0 Å². The van der Waals surface area contributed by atoms with E-state index in [0.29, 0.717) is 6.04 Å². The Balaban J connectivity index is 2.75. The predicted molar refractivity (Wildman–Crippen MR) is 90.4 cm³/mol. The zero-order valence-corrected chi connectivity index (χ0v) is 14.3. The van der Waals surface area contributed by atoms with E-state index in [-0.39, 0.29) is 5.41 Å². The van der Waals surface area contributed by atoms with E-state index in [4.69, 9.17) is 0 Å². The van der Waals surface area contributed by atoms with Crippen molar-refractivity contribution in [2.75, 3.05) is 6.54 Å². The molecule has 1 N–H and O–H groups in total. The average Bonchev–Trinajstić information content (AvgIpc) is 2.35. The number of rotatable bonds is 8. The number of nitrogens with one attached hydrogen (secondary N) is 1. The summed E-state index contributed by atoms with van der Waals surface area (Å²) in [6, 6.07) is 9.75. The fourth-order valence-corrected chi connectivity index (χ4v) is 2.94. The molecule has 1 aromatic carbocycles. The normalized spacial score (nSPS) is 13.8. The molecule has 20 heavy (non-hydrogen) atoms. The summed E-state index contributed by atoms with van der Waals surface area (Å²) in [5, 5.41) is 3.60. The van der Waals surface area contributed by atoms with Gasteiger partial charge in [-0.25, -0.2) is 0 Å². The Bertz CT molecular complexity index is 393. The molecule has 1 nitrogen and oxygen atoms in total. The maximum Gasteiger partial charge on any atom is 0.00470 e. The second kappa shape index (κ2) is 7.83. The summed E-state index contributed by atoms with van der Waals surface area (Å²) in [7, 11) is 0. The summed E-state index contributed by atoms with van der Waals surface area (Å²) in [6.45, 7) is 14.9. The molecule has 1 aromatic rings. The van der Waals surface area contributed by atoms with E-state index in [1.807, 2.05) is 0 Å². The molecule has 114 valence electrons. The first-order valence-electron chi connectivity index (χ1n) is 8.18. The van der Waals surface area contributed by atoms with Crippen LogP contribution in [0.1, 0.15) is 65.5 Å². The Morgan fingerprint density at radius 1 is 1.15 bits per heavy atom. The van der Waals surface area contributed by atoms with Crippen LogP contribution < -0.4 is 5.32 Å². The lowest BCUT2D eigenvalue weighted by Gasteiger charge is -2.30. The molecule has 0 radical (unpaired) electrons. The van der Waals surface area contributed by atoms with Crippen LogP contribution in [0.15, 0.2) is 24.3 Å². The predicted octanol–water partition coefficient (Wildman–Crippen LogP) is 4.94. The molecule has 0 saturated carbocycles. The molecule has 1 atom stereocenters. The summed E-state index contributed by atoms with van der Waals surface area (Å²) in [6.07, 6.45) is 3.56. The first-order valence-corrected chi connectivity index (χ1v) is 8.18. The highest BCUT2D eigenvalue weighted by Gasteiger charge is 2.23. The topological polar surface area (TPSA) is 12.0 Å². The molecule has 0 bridgehead atoms. The van der Waals surface area contributed by atoms with Crippen LogP contribution in [-0.4, -0.2) is 12.6 Å². The quantitative estimate of drug-likeness (QED) is 0.708. The van der Waals surface area contributed by atoms with E-state index in [1.165, 1.54) is 30.4 Å². The molecule has 0 aliphatic heterocycles. The van der Waals surface area contributed by atoms with E-state index < -0.39 is 0 Å². The zero-order valence-electron chi connectivity index (χ0n) is 14.3. The molecule has 0 saturated heterocycles. The lowest BCUT2D eigenvalue weighted by atomic mass is 9.78. The van der Waals surface area contributed by atoms with Gasteiger partial charge in [-0.15, -0.1) is 0 Å². The molecule has 1 unspecified atom stereocenters. The van der Waals surface area contributed by atoms with Crippen LogP contribution in [0.2, 0.25) is 0 Å². The third kappa shape index (κ3) is 5.66. The smallest absolute Gasteiger partial charge is 0.00470 e.